The van der Waals surface area contributed by atoms with Gasteiger partial charge >= 0.3 is 0 Å². The van der Waals surface area contributed by atoms with Gasteiger partial charge in [-0.15, -0.1) is 0 Å². The zero-order chi connectivity index (χ0) is 23.0. The molecule has 0 spiro atoms. The van der Waals surface area contributed by atoms with E-state index >= 15 is 0 Å². The smallest absolute Gasteiger partial charge is 0.170 e. The van der Waals surface area contributed by atoms with Gasteiger partial charge in [-0.05, 0) is 85.8 Å². The number of halogens is 1. The van der Waals surface area contributed by atoms with Crippen LogP contribution in [0.15, 0.2) is 78.9 Å². The maximum atomic E-state index is 13.8. The van der Waals surface area contributed by atoms with Crippen molar-refractivity contribution in [3.8, 4) is 5.75 Å². The molecule has 3 aromatic rings. The number of ether oxygens (including phenoxy) is 1. The maximum absolute atomic E-state index is 13.8. The number of hydrogen-bond acceptors (Lipinski definition) is 3. The SMILES string of the molecule is CC[C@H](c1ccc(Cl)cc1)[C@@H](C(=O)c1ccc(OCCN2CCCC2)cc1)c1ccccc1. The lowest BCUT2D eigenvalue weighted by Crippen LogP contribution is -2.25. The number of benzene rings is 3. The van der Waals surface area contributed by atoms with E-state index in [2.05, 4.69) is 24.0 Å². The second kappa shape index (κ2) is 11.5. The first-order valence-electron chi connectivity index (χ1n) is 12.0. The van der Waals surface area contributed by atoms with Gasteiger partial charge in [0.1, 0.15) is 12.4 Å². The van der Waals surface area contributed by atoms with E-state index in [1.54, 1.807) is 0 Å². The molecule has 0 amide bonds. The van der Waals surface area contributed by atoms with Crippen LogP contribution in [0.25, 0.3) is 0 Å². The Hall–Kier alpha value is -2.62. The molecule has 4 heteroatoms. The van der Waals surface area contributed by atoms with Crippen LogP contribution in [0.5, 0.6) is 5.75 Å². The van der Waals surface area contributed by atoms with Crippen molar-refractivity contribution in [2.45, 2.75) is 38.0 Å². The van der Waals surface area contributed by atoms with Crippen LogP contribution >= 0.6 is 11.6 Å². The fourth-order valence-electron chi connectivity index (χ4n) is 4.79. The second-order valence-corrected chi connectivity index (χ2v) is 9.18. The van der Waals surface area contributed by atoms with Crippen LogP contribution in [0.2, 0.25) is 5.02 Å². The van der Waals surface area contributed by atoms with Crippen LogP contribution in [0, 0.1) is 0 Å². The van der Waals surface area contributed by atoms with Crippen molar-refractivity contribution in [1.29, 1.82) is 0 Å². The molecule has 1 aliphatic rings. The van der Waals surface area contributed by atoms with Crippen LogP contribution in [-0.2, 0) is 0 Å². The summed E-state index contributed by atoms with van der Waals surface area (Å²) >= 11 is 6.12. The summed E-state index contributed by atoms with van der Waals surface area (Å²) in [5.41, 5.74) is 2.88. The summed E-state index contributed by atoms with van der Waals surface area (Å²) in [6.07, 6.45) is 3.42. The topological polar surface area (TPSA) is 29.5 Å². The van der Waals surface area contributed by atoms with Crippen molar-refractivity contribution in [2.75, 3.05) is 26.2 Å². The van der Waals surface area contributed by atoms with Gasteiger partial charge in [-0.3, -0.25) is 9.69 Å². The van der Waals surface area contributed by atoms with Gasteiger partial charge in [0, 0.05) is 17.1 Å². The first kappa shape index (κ1) is 23.5. The lowest BCUT2D eigenvalue weighted by Gasteiger charge is -2.26. The van der Waals surface area contributed by atoms with Crippen LogP contribution in [0.4, 0.5) is 0 Å². The second-order valence-electron chi connectivity index (χ2n) is 8.74. The molecule has 1 aliphatic heterocycles. The Bertz CT molecular complexity index is 1010. The molecule has 0 aliphatic carbocycles. The van der Waals surface area contributed by atoms with Gasteiger partial charge in [0.05, 0.1) is 5.92 Å². The molecule has 3 aromatic carbocycles. The average molecular weight is 462 g/mol. The lowest BCUT2D eigenvalue weighted by molar-refractivity contribution is 0.0945. The third kappa shape index (κ3) is 6.04. The van der Waals surface area contributed by atoms with E-state index in [0.29, 0.717) is 17.2 Å². The molecule has 0 N–H and O–H groups in total. The molecule has 2 atom stereocenters. The molecule has 0 unspecified atom stereocenters. The zero-order valence-corrected chi connectivity index (χ0v) is 20.0. The molecule has 1 saturated heterocycles. The van der Waals surface area contributed by atoms with Gasteiger partial charge in [-0.1, -0.05) is 61.0 Å². The molecule has 0 aromatic heterocycles. The van der Waals surface area contributed by atoms with Crippen molar-refractivity contribution in [3.63, 3.8) is 0 Å². The minimum absolute atomic E-state index is 0.0635. The number of ketones is 1. The van der Waals surface area contributed by atoms with Crippen LogP contribution < -0.4 is 4.74 Å². The molecule has 1 heterocycles. The summed E-state index contributed by atoms with van der Waals surface area (Å²) in [5.74, 6) is 0.742. The van der Waals surface area contributed by atoms with Crippen molar-refractivity contribution < 1.29 is 9.53 Å². The van der Waals surface area contributed by atoms with E-state index in [9.17, 15) is 4.79 Å². The molecule has 0 saturated carbocycles. The minimum Gasteiger partial charge on any atom is -0.492 e. The molecule has 4 rings (SSSR count). The highest BCUT2D eigenvalue weighted by atomic mass is 35.5. The molecule has 3 nitrogen and oxygen atoms in total. The summed E-state index contributed by atoms with van der Waals surface area (Å²) in [6, 6.07) is 25.6. The lowest BCUT2D eigenvalue weighted by atomic mass is 9.76. The number of hydrogen-bond donors (Lipinski definition) is 0. The quantitative estimate of drug-likeness (QED) is 0.305. The monoisotopic (exact) mass is 461 g/mol. The van der Waals surface area contributed by atoms with Crippen molar-refractivity contribution >= 4 is 17.4 Å². The van der Waals surface area contributed by atoms with E-state index in [-0.39, 0.29) is 17.6 Å². The van der Waals surface area contributed by atoms with Crippen molar-refractivity contribution in [2.24, 2.45) is 0 Å². The Morgan fingerprint density at radius 1 is 0.909 bits per heavy atom. The standard InChI is InChI=1S/C29H32ClNO2/c1-2-27(22-10-14-25(30)15-11-22)28(23-8-4-3-5-9-23)29(32)24-12-16-26(17-13-24)33-21-20-31-18-6-7-19-31/h3-5,8-17,27-28H,2,6-7,18-21H2,1H3/t27-,28+/m1/s1. The third-order valence-electron chi connectivity index (χ3n) is 6.60. The molecule has 1 fully saturated rings. The molecule has 33 heavy (non-hydrogen) atoms. The third-order valence-corrected chi connectivity index (χ3v) is 6.85. The largest absolute Gasteiger partial charge is 0.492 e. The number of nitrogens with zero attached hydrogens (tertiary/aromatic N) is 1. The number of rotatable bonds is 10. The first-order chi connectivity index (χ1) is 16.2. The van der Waals surface area contributed by atoms with Crippen molar-refractivity contribution in [1.82, 2.24) is 4.90 Å². The van der Waals surface area contributed by atoms with Crippen LogP contribution in [0.1, 0.15) is 59.5 Å². The predicted molar refractivity (Wildman–Crippen MR) is 136 cm³/mol. The van der Waals surface area contributed by atoms with E-state index in [1.165, 1.54) is 25.9 Å². The van der Waals surface area contributed by atoms with E-state index in [0.717, 1.165) is 29.8 Å². The zero-order valence-electron chi connectivity index (χ0n) is 19.3. The average Bonchev–Trinajstić information content (AvgIpc) is 3.37. The number of carbonyl (C=O) groups excluding carboxylic acids is 1. The van der Waals surface area contributed by atoms with E-state index in [1.807, 2.05) is 66.7 Å². The Kier molecular flexibility index (Phi) is 8.20. The fraction of sp³-hybridized carbons (Fsp3) is 0.345. The highest BCUT2D eigenvalue weighted by Gasteiger charge is 2.30. The number of Topliss-reactive ketones (excluding diaryl/α,β-unsaturated/α-hetero) is 1. The maximum Gasteiger partial charge on any atom is 0.170 e. The van der Waals surface area contributed by atoms with E-state index < -0.39 is 0 Å². The molecule has 0 bridgehead atoms. The predicted octanol–water partition coefficient (Wildman–Crippen LogP) is 6.97. The Morgan fingerprint density at radius 3 is 2.21 bits per heavy atom. The number of likely N-dealkylation sites (tertiary alicyclic amines) is 1. The summed E-state index contributed by atoms with van der Waals surface area (Å²) in [4.78, 5) is 16.2. The summed E-state index contributed by atoms with van der Waals surface area (Å²) in [6.45, 7) is 6.11. The first-order valence-corrected chi connectivity index (χ1v) is 12.3. The normalized spacial score (nSPS) is 15.8. The van der Waals surface area contributed by atoms with Gasteiger partial charge in [-0.25, -0.2) is 0 Å². The number of carbonyl (C=O) groups is 1. The Labute approximate surface area is 202 Å². The summed E-state index contributed by atoms with van der Waals surface area (Å²) < 4.78 is 5.93. The van der Waals surface area contributed by atoms with Crippen LogP contribution in [0.3, 0.4) is 0 Å². The summed E-state index contributed by atoms with van der Waals surface area (Å²) in [7, 11) is 0. The summed E-state index contributed by atoms with van der Waals surface area (Å²) in [5, 5.41) is 0.705. The molecular weight excluding hydrogens is 430 g/mol. The molecular formula is C29H32ClNO2. The van der Waals surface area contributed by atoms with Gasteiger partial charge in [-0.2, -0.15) is 0 Å². The molecule has 172 valence electrons. The highest BCUT2D eigenvalue weighted by molar-refractivity contribution is 6.30. The van der Waals surface area contributed by atoms with Crippen molar-refractivity contribution in [3.05, 3.63) is 101 Å². The van der Waals surface area contributed by atoms with Gasteiger partial charge < -0.3 is 4.74 Å². The van der Waals surface area contributed by atoms with E-state index in [4.69, 9.17) is 16.3 Å². The minimum atomic E-state index is -0.265. The van der Waals surface area contributed by atoms with Crippen LogP contribution in [-0.4, -0.2) is 36.9 Å². The van der Waals surface area contributed by atoms with Gasteiger partial charge in [0.2, 0.25) is 0 Å². The van der Waals surface area contributed by atoms with Gasteiger partial charge in [0.25, 0.3) is 0 Å². The Morgan fingerprint density at radius 2 is 1.58 bits per heavy atom. The highest BCUT2D eigenvalue weighted by Crippen LogP contribution is 2.38. The molecule has 0 radical (unpaired) electrons. The van der Waals surface area contributed by atoms with Gasteiger partial charge in [0.15, 0.2) is 5.78 Å². The Balaban J connectivity index is 1.52. The fourth-order valence-corrected chi connectivity index (χ4v) is 4.92.